The van der Waals surface area contributed by atoms with E-state index in [0.717, 1.165) is 0 Å². The fraction of sp³-hybridized carbons (Fsp3) is 0.0667. The monoisotopic (exact) mass is 340 g/mol. The molecular formula is C15H5Cl2F3N2. The summed E-state index contributed by atoms with van der Waals surface area (Å²) in [6.45, 7) is 6.68. The molecule has 0 bridgehead atoms. The summed E-state index contributed by atoms with van der Waals surface area (Å²) in [5, 5.41) is 9.35. The maximum Gasteiger partial charge on any atom is 0.261 e. The maximum atomic E-state index is 14.1. The predicted octanol–water partition coefficient (Wildman–Crippen LogP) is 5.42. The molecule has 0 aliphatic rings. The van der Waals surface area contributed by atoms with Crippen molar-refractivity contribution in [3.63, 3.8) is 0 Å². The van der Waals surface area contributed by atoms with Crippen molar-refractivity contribution < 1.29 is 13.2 Å². The van der Waals surface area contributed by atoms with Crippen LogP contribution in [-0.4, -0.2) is 0 Å². The fourth-order valence-corrected chi connectivity index (χ4v) is 2.48. The second kappa shape index (κ2) is 6.27. The van der Waals surface area contributed by atoms with Crippen LogP contribution in [0, 0.1) is 35.4 Å². The summed E-state index contributed by atoms with van der Waals surface area (Å²) in [7, 11) is 0. The highest BCUT2D eigenvalue weighted by molar-refractivity contribution is 6.36. The van der Waals surface area contributed by atoms with E-state index in [4.69, 9.17) is 35.0 Å². The number of hydrogen-bond acceptors (Lipinski definition) is 1. The Bertz CT molecular complexity index is 831. The largest absolute Gasteiger partial charge is 0.261 e. The molecule has 7 heteroatoms. The molecule has 0 fully saturated rings. The van der Waals surface area contributed by atoms with Crippen molar-refractivity contribution in [2.24, 2.45) is 0 Å². The minimum absolute atomic E-state index is 0.172. The van der Waals surface area contributed by atoms with Crippen molar-refractivity contribution in [2.45, 2.75) is 6.42 Å². The molecular weight excluding hydrogens is 336 g/mol. The van der Waals surface area contributed by atoms with Gasteiger partial charge in [0.05, 0.1) is 12.1 Å². The molecule has 0 aliphatic heterocycles. The predicted molar refractivity (Wildman–Crippen MR) is 76.6 cm³/mol. The number of benzene rings is 2. The van der Waals surface area contributed by atoms with Gasteiger partial charge in [0.25, 0.3) is 5.69 Å². The van der Waals surface area contributed by atoms with Gasteiger partial charge in [-0.1, -0.05) is 29.3 Å². The molecule has 22 heavy (non-hydrogen) atoms. The topological polar surface area (TPSA) is 28.1 Å². The minimum atomic E-state index is -1.63. The first-order chi connectivity index (χ1) is 10.4. The lowest BCUT2D eigenvalue weighted by Crippen LogP contribution is -2.05. The Hall–Kier alpha value is -2.21. The molecule has 0 aromatic heterocycles. The van der Waals surface area contributed by atoms with Gasteiger partial charge in [-0.25, -0.2) is 18.0 Å². The van der Waals surface area contributed by atoms with Crippen LogP contribution in [0.4, 0.5) is 18.9 Å². The first kappa shape index (κ1) is 16.2. The molecule has 0 radical (unpaired) electrons. The molecule has 0 N–H and O–H groups in total. The van der Waals surface area contributed by atoms with Gasteiger partial charge in [0.1, 0.15) is 6.07 Å². The van der Waals surface area contributed by atoms with Gasteiger partial charge in [0, 0.05) is 22.0 Å². The third-order valence-electron chi connectivity index (χ3n) is 3.03. The first-order valence-electron chi connectivity index (χ1n) is 5.82. The number of hydrogen-bond donors (Lipinski definition) is 0. The van der Waals surface area contributed by atoms with Crippen LogP contribution in [0.2, 0.25) is 10.0 Å². The van der Waals surface area contributed by atoms with E-state index in [-0.39, 0.29) is 22.0 Å². The molecule has 2 nitrogen and oxygen atoms in total. The standard InChI is InChI=1S/C15H5Cl2F3N2/c1-22-15-13(19)9(6-21)7(12(18)14(15)20)5-8-10(16)3-2-4-11(8)17/h2-4H,5H2. The van der Waals surface area contributed by atoms with Crippen LogP contribution in [0.25, 0.3) is 4.85 Å². The normalized spacial score (nSPS) is 10.1. The van der Waals surface area contributed by atoms with Crippen LogP contribution < -0.4 is 0 Å². The van der Waals surface area contributed by atoms with E-state index < -0.39 is 34.3 Å². The van der Waals surface area contributed by atoms with E-state index in [1.165, 1.54) is 18.2 Å². The van der Waals surface area contributed by atoms with E-state index in [1.807, 2.05) is 0 Å². The van der Waals surface area contributed by atoms with E-state index >= 15 is 0 Å². The number of halogens is 5. The lowest BCUT2D eigenvalue weighted by molar-refractivity contribution is 0.492. The van der Waals surface area contributed by atoms with Crippen molar-refractivity contribution in [3.8, 4) is 6.07 Å². The highest BCUT2D eigenvalue weighted by atomic mass is 35.5. The molecule has 0 spiro atoms. The quantitative estimate of drug-likeness (QED) is 0.529. The van der Waals surface area contributed by atoms with Gasteiger partial charge in [0.2, 0.25) is 0 Å². The van der Waals surface area contributed by atoms with Gasteiger partial charge < -0.3 is 0 Å². The third-order valence-corrected chi connectivity index (χ3v) is 3.74. The van der Waals surface area contributed by atoms with Gasteiger partial charge in [-0.15, -0.1) is 0 Å². The average Bonchev–Trinajstić information content (AvgIpc) is 2.48. The Labute approximate surface area is 134 Å². The van der Waals surface area contributed by atoms with Crippen LogP contribution in [-0.2, 0) is 6.42 Å². The van der Waals surface area contributed by atoms with Gasteiger partial charge in [0.15, 0.2) is 17.5 Å². The summed E-state index contributed by atoms with van der Waals surface area (Å²) in [6.07, 6.45) is -0.376. The lowest BCUT2D eigenvalue weighted by Gasteiger charge is -2.12. The van der Waals surface area contributed by atoms with Gasteiger partial charge in [-0.3, -0.25) is 0 Å². The Balaban J connectivity index is 2.72. The van der Waals surface area contributed by atoms with Crippen LogP contribution in [0.1, 0.15) is 16.7 Å². The molecule has 110 valence electrons. The zero-order chi connectivity index (χ0) is 16.4. The number of nitrogens with zero attached hydrogens (tertiary/aromatic N) is 2. The fourth-order valence-electron chi connectivity index (χ4n) is 1.95. The Morgan fingerprint density at radius 1 is 1.05 bits per heavy atom. The molecule has 0 heterocycles. The zero-order valence-corrected chi connectivity index (χ0v) is 12.2. The molecule has 2 rings (SSSR count). The summed E-state index contributed by atoms with van der Waals surface area (Å²) in [5.41, 5.74) is -2.18. The van der Waals surface area contributed by atoms with Crippen LogP contribution >= 0.6 is 23.2 Å². The summed E-state index contributed by atoms with van der Waals surface area (Å²) in [4.78, 5) is 2.58. The van der Waals surface area contributed by atoms with Crippen molar-refractivity contribution in [1.82, 2.24) is 0 Å². The molecule has 2 aromatic rings. The summed E-state index contributed by atoms with van der Waals surface area (Å²) in [5.74, 6) is -4.49. The molecule has 0 unspecified atom stereocenters. The second-order valence-electron chi connectivity index (χ2n) is 4.24. The highest BCUT2D eigenvalue weighted by Crippen LogP contribution is 2.34. The molecule has 0 amide bonds. The van der Waals surface area contributed by atoms with Crippen molar-refractivity contribution in [1.29, 1.82) is 5.26 Å². The van der Waals surface area contributed by atoms with Gasteiger partial charge in [-0.05, 0) is 17.7 Å². The average molecular weight is 341 g/mol. The first-order valence-corrected chi connectivity index (χ1v) is 6.57. The maximum absolute atomic E-state index is 14.1. The zero-order valence-electron chi connectivity index (χ0n) is 10.7. The summed E-state index contributed by atoms with van der Waals surface area (Å²) < 4.78 is 41.8. The summed E-state index contributed by atoms with van der Waals surface area (Å²) in [6, 6.07) is 5.97. The van der Waals surface area contributed by atoms with Crippen molar-refractivity contribution >= 4 is 28.9 Å². The van der Waals surface area contributed by atoms with E-state index in [2.05, 4.69) is 4.85 Å². The Kier molecular flexibility index (Phi) is 4.61. The van der Waals surface area contributed by atoms with Crippen molar-refractivity contribution in [3.05, 3.63) is 73.8 Å². The Morgan fingerprint density at radius 2 is 1.64 bits per heavy atom. The van der Waals surface area contributed by atoms with Crippen LogP contribution in [0.5, 0.6) is 0 Å². The molecule has 2 aromatic carbocycles. The van der Waals surface area contributed by atoms with E-state index in [1.54, 1.807) is 6.07 Å². The Morgan fingerprint density at radius 3 is 2.14 bits per heavy atom. The SMILES string of the molecule is [C-]#[N+]c1c(F)c(F)c(Cc2c(Cl)cccc2Cl)c(C#N)c1F. The molecule has 0 aliphatic carbocycles. The smallest absolute Gasteiger partial charge is 0.232 e. The van der Waals surface area contributed by atoms with Crippen molar-refractivity contribution in [2.75, 3.05) is 0 Å². The van der Waals surface area contributed by atoms with Gasteiger partial charge >= 0.3 is 0 Å². The molecule has 0 atom stereocenters. The lowest BCUT2D eigenvalue weighted by atomic mass is 9.98. The van der Waals surface area contributed by atoms with E-state index in [0.29, 0.717) is 0 Å². The van der Waals surface area contributed by atoms with E-state index in [9.17, 15) is 13.2 Å². The third kappa shape index (κ3) is 2.62. The second-order valence-corrected chi connectivity index (χ2v) is 5.06. The minimum Gasteiger partial charge on any atom is -0.232 e. The number of nitriles is 1. The number of rotatable bonds is 2. The molecule has 0 saturated carbocycles. The highest BCUT2D eigenvalue weighted by Gasteiger charge is 2.26. The summed E-state index contributed by atoms with van der Waals surface area (Å²) >= 11 is 11.9. The van der Waals surface area contributed by atoms with Gasteiger partial charge in [-0.2, -0.15) is 5.26 Å². The molecule has 0 saturated heterocycles. The van der Waals surface area contributed by atoms with Crippen LogP contribution in [0.3, 0.4) is 0 Å². The van der Waals surface area contributed by atoms with Crippen LogP contribution in [0.15, 0.2) is 18.2 Å².